The summed E-state index contributed by atoms with van der Waals surface area (Å²) in [5.41, 5.74) is 0.837. The van der Waals surface area contributed by atoms with Crippen molar-refractivity contribution in [2.45, 2.75) is 26.8 Å². The van der Waals surface area contributed by atoms with Crippen LogP contribution in [-0.4, -0.2) is 18.3 Å². The predicted molar refractivity (Wildman–Crippen MR) is 63.6 cm³/mol. The molecule has 0 spiro atoms. The molecule has 1 aromatic carbocycles. The SMILES string of the molecule is CCC(C)(CO)CNCc1cccc(F)c1. The maximum Gasteiger partial charge on any atom is 0.123 e. The first-order chi connectivity index (χ1) is 7.59. The lowest BCUT2D eigenvalue weighted by atomic mass is 9.88. The Morgan fingerprint density at radius 1 is 1.44 bits per heavy atom. The fourth-order valence-corrected chi connectivity index (χ4v) is 1.45. The molecular weight excluding hydrogens is 205 g/mol. The van der Waals surface area contributed by atoms with Crippen molar-refractivity contribution in [3.8, 4) is 0 Å². The second-order valence-corrected chi connectivity index (χ2v) is 4.56. The smallest absolute Gasteiger partial charge is 0.123 e. The molecule has 0 radical (unpaired) electrons. The third kappa shape index (κ3) is 3.91. The third-order valence-corrected chi connectivity index (χ3v) is 3.01. The zero-order valence-corrected chi connectivity index (χ0v) is 9.96. The minimum atomic E-state index is -0.209. The summed E-state index contributed by atoms with van der Waals surface area (Å²) in [5.74, 6) is -0.209. The first kappa shape index (κ1) is 13.1. The minimum Gasteiger partial charge on any atom is -0.396 e. The van der Waals surface area contributed by atoms with Crippen LogP contribution in [0.15, 0.2) is 24.3 Å². The van der Waals surface area contributed by atoms with Crippen LogP contribution in [0.4, 0.5) is 4.39 Å². The molecule has 90 valence electrons. The van der Waals surface area contributed by atoms with Gasteiger partial charge in [-0.25, -0.2) is 4.39 Å². The highest BCUT2D eigenvalue weighted by Gasteiger charge is 2.19. The first-order valence-corrected chi connectivity index (χ1v) is 5.66. The van der Waals surface area contributed by atoms with E-state index in [2.05, 4.69) is 12.2 Å². The van der Waals surface area contributed by atoms with Crippen LogP contribution in [-0.2, 0) is 6.54 Å². The summed E-state index contributed by atoms with van der Waals surface area (Å²) in [5, 5.41) is 12.5. The lowest BCUT2D eigenvalue weighted by Gasteiger charge is -2.25. The lowest BCUT2D eigenvalue weighted by molar-refractivity contribution is 0.135. The number of rotatable bonds is 6. The average Bonchev–Trinajstić information content (AvgIpc) is 2.29. The molecule has 0 saturated heterocycles. The summed E-state index contributed by atoms with van der Waals surface area (Å²) in [6, 6.07) is 6.55. The van der Waals surface area contributed by atoms with Crippen molar-refractivity contribution in [3.63, 3.8) is 0 Å². The number of benzene rings is 1. The molecule has 2 nitrogen and oxygen atoms in total. The maximum absolute atomic E-state index is 12.9. The van der Waals surface area contributed by atoms with Gasteiger partial charge in [-0.1, -0.05) is 26.0 Å². The Morgan fingerprint density at radius 3 is 2.75 bits per heavy atom. The number of aliphatic hydroxyl groups excluding tert-OH is 1. The van der Waals surface area contributed by atoms with Gasteiger partial charge in [0, 0.05) is 25.1 Å². The van der Waals surface area contributed by atoms with Gasteiger partial charge < -0.3 is 10.4 Å². The zero-order valence-electron chi connectivity index (χ0n) is 9.96. The third-order valence-electron chi connectivity index (χ3n) is 3.01. The Kier molecular flexibility index (Phi) is 4.90. The summed E-state index contributed by atoms with van der Waals surface area (Å²) in [4.78, 5) is 0. The van der Waals surface area contributed by atoms with E-state index < -0.39 is 0 Å². The van der Waals surface area contributed by atoms with E-state index in [1.54, 1.807) is 6.07 Å². The minimum absolute atomic E-state index is 0.0900. The number of hydrogen-bond donors (Lipinski definition) is 2. The van der Waals surface area contributed by atoms with Crippen LogP contribution in [0, 0.1) is 11.2 Å². The predicted octanol–water partition coefficient (Wildman–Crippen LogP) is 2.32. The highest BCUT2D eigenvalue weighted by atomic mass is 19.1. The summed E-state index contributed by atoms with van der Waals surface area (Å²) in [6.07, 6.45) is 0.916. The van der Waals surface area contributed by atoms with Gasteiger partial charge in [-0.3, -0.25) is 0 Å². The summed E-state index contributed by atoms with van der Waals surface area (Å²) in [7, 11) is 0. The van der Waals surface area contributed by atoms with Crippen LogP contribution in [0.5, 0.6) is 0 Å². The lowest BCUT2D eigenvalue weighted by Crippen LogP contribution is -2.34. The molecule has 0 heterocycles. The molecule has 0 saturated carbocycles. The van der Waals surface area contributed by atoms with Crippen LogP contribution in [0.2, 0.25) is 0 Å². The van der Waals surface area contributed by atoms with Gasteiger partial charge >= 0.3 is 0 Å². The number of halogens is 1. The van der Waals surface area contributed by atoms with E-state index >= 15 is 0 Å². The van der Waals surface area contributed by atoms with Crippen molar-refractivity contribution < 1.29 is 9.50 Å². The van der Waals surface area contributed by atoms with Crippen molar-refractivity contribution in [1.29, 1.82) is 0 Å². The van der Waals surface area contributed by atoms with Crippen LogP contribution in [0.25, 0.3) is 0 Å². The molecule has 1 aromatic rings. The fourth-order valence-electron chi connectivity index (χ4n) is 1.45. The average molecular weight is 225 g/mol. The molecule has 0 amide bonds. The number of aliphatic hydroxyl groups is 1. The standard InChI is InChI=1S/C13H20FNO/c1-3-13(2,10-16)9-15-8-11-5-4-6-12(14)7-11/h4-7,15-16H,3,8-10H2,1-2H3. The van der Waals surface area contributed by atoms with Crippen LogP contribution in [0.1, 0.15) is 25.8 Å². The van der Waals surface area contributed by atoms with Crippen LogP contribution < -0.4 is 5.32 Å². The Morgan fingerprint density at radius 2 is 2.19 bits per heavy atom. The largest absolute Gasteiger partial charge is 0.396 e. The van der Waals surface area contributed by atoms with E-state index in [1.807, 2.05) is 13.0 Å². The topological polar surface area (TPSA) is 32.3 Å². The second kappa shape index (κ2) is 5.97. The van der Waals surface area contributed by atoms with Gasteiger partial charge in [-0.2, -0.15) is 0 Å². The Labute approximate surface area is 96.5 Å². The Bertz CT molecular complexity index is 323. The van der Waals surface area contributed by atoms with Crippen molar-refractivity contribution in [1.82, 2.24) is 5.32 Å². The van der Waals surface area contributed by atoms with Gasteiger partial charge in [0.2, 0.25) is 0 Å². The van der Waals surface area contributed by atoms with E-state index in [9.17, 15) is 9.50 Å². The zero-order chi connectivity index (χ0) is 12.0. The molecule has 1 rings (SSSR count). The second-order valence-electron chi connectivity index (χ2n) is 4.56. The molecule has 0 aliphatic carbocycles. The van der Waals surface area contributed by atoms with Gasteiger partial charge in [-0.05, 0) is 24.1 Å². The van der Waals surface area contributed by atoms with E-state index in [1.165, 1.54) is 12.1 Å². The molecular formula is C13H20FNO. The van der Waals surface area contributed by atoms with Crippen molar-refractivity contribution >= 4 is 0 Å². The molecule has 0 fully saturated rings. The molecule has 1 unspecified atom stereocenters. The molecule has 0 aliphatic rings. The van der Waals surface area contributed by atoms with Gasteiger partial charge in [0.05, 0.1) is 0 Å². The molecule has 0 bridgehead atoms. The van der Waals surface area contributed by atoms with Crippen LogP contribution >= 0.6 is 0 Å². The normalized spacial score (nSPS) is 14.8. The summed E-state index contributed by atoms with van der Waals surface area (Å²) >= 11 is 0. The summed E-state index contributed by atoms with van der Waals surface area (Å²) in [6.45, 7) is 5.62. The van der Waals surface area contributed by atoms with Gasteiger partial charge in [0.1, 0.15) is 5.82 Å². The van der Waals surface area contributed by atoms with Gasteiger partial charge in [0.15, 0.2) is 0 Å². The Balaban J connectivity index is 2.41. The highest BCUT2D eigenvalue weighted by molar-refractivity contribution is 5.15. The van der Waals surface area contributed by atoms with E-state index in [0.717, 1.165) is 18.5 Å². The van der Waals surface area contributed by atoms with E-state index in [4.69, 9.17) is 0 Å². The van der Waals surface area contributed by atoms with Crippen LogP contribution in [0.3, 0.4) is 0 Å². The molecule has 3 heteroatoms. The van der Waals surface area contributed by atoms with Crippen molar-refractivity contribution in [2.24, 2.45) is 5.41 Å². The molecule has 1 atom stereocenters. The molecule has 0 aliphatic heterocycles. The first-order valence-electron chi connectivity index (χ1n) is 5.66. The van der Waals surface area contributed by atoms with E-state index in [0.29, 0.717) is 6.54 Å². The van der Waals surface area contributed by atoms with Gasteiger partial charge in [0.25, 0.3) is 0 Å². The molecule has 0 aromatic heterocycles. The molecule has 2 N–H and O–H groups in total. The quantitative estimate of drug-likeness (QED) is 0.778. The fraction of sp³-hybridized carbons (Fsp3) is 0.538. The van der Waals surface area contributed by atoms with Crippen molar-refractivity contribution in [3.05, 3.63) is 35.6 Å². The highest BCUT2D eigenvalue weighted by Crippen LogP contribution is 2.18. The van der Waals surface area contributed by atoms with E-state index in [-0.39, 0.29) is 17.8 Å². The van der Waals surface area contributed by atoms with Crippen molar-refractivity contribution in [2.75, 3.05) is 13.2 Å². The monoisotopic (exact) mass is 225 g/mol. The number of nitrogens with one attached hydrogen (secondary N) is 1. The maximum atomic E-state index is 12.9. The van der Waals surface area contributed by atoms with Gasteiger partial charge in [-0.15, -0.1) is 0 Å². The number of hydrogen-bond acceptors (Lipinski definition) is 2. The summed E-state index contributed by atoms with van der Waals surface area (Å²) < 4.78 is 12.9. The Hall–Kier alpha value is -0.930. The molecule has 16 heavy (non-hydrogen) atoms.